The van der Waals surface area contributed by atoms with Crippen molar-refractivity contribution in [1.82, 2.24) is 9.78 Å². The lowest BCUT2D eigenvalue weighted by Gasteiger charge is -2.27. The van der Waals surface area contributed by atoms with Crippen molar-refractivity contribution in [3.8, 4) is 0 Å². The summed E-state index contributed by atoms with van der Waals surface area (Å²) in [5.74, 6) is -0.404. The van der Waals surface area contributed by atoms with Crippen molar-refractivity contribution in [2.45, 2.75) is 37.8 Å². The average molecular weight is 413 g/mol. The Morgan fingerprint density at radius 2 is 1.96 bits per heavy atom. The normalized spacial score (nSPS) is 20.3. The van der Waals surface area contributed by atoms with Gasteiger partial charge in [-0.1, -0.05) is 24.4 Å². The van der Waals surface area contributed by atoms with E-state index in [2.05, 4.69) is 15.1 Å². The smallest absolute Gasteiger partial charge is 0.258 e. The molecule has 0 spiro atoms. The molecule has 0 unspecified atom stereocenters. The van der Waals surface area contributed by atoms with Gasteiger partial charge in [0.15, 0.2) is 0 Å². The molecule has 0 aliphatic heterocycles. The lowest BCUT2D eigenvalue weighted by atomic mass is 9.93. The Kier molecular flexibility index (Phi) is 5.73. The van der Waals surface area contributed by atoms with Gasteiger partial charge in [0.1, 0.15) is 0 Å². The lowest BCUT2D eigenvalue weighted by molar-refractivity contribution is 0.0693. The molecule has 2 atom stereocenters. The summed E-state index contributed by atoms with van der Waals surface area (Å²) in [6, 6.07) is 4.31. The minimum atomic E-state index is -3.46. The highest BCUT2D eigenvalue weighted by molar-refractivity contribution is 7.92. The number of aliphatic hydroxyl groups excluding tert-OH is 1. The first-order valence-electron chi connectivity index (χ1n) is 8.53. The Labute approximate surface area is 162 Å². The SMILES string of the molecule is CS(=O)(=O)Nc1cc(Cl)cc(NC(=O)c2cnn([C@@H]3CCCC[C@H]3O)c2)c1. The van der Waals surface area contributed by atoms with Gasteiger partial charge in [-0.3, -0.25) is 14.2 Å². The van der Waals surface area contributed by atoms with Gasteiger partial charge in [0.05, 0.1) is 35.8 Å². The molecule has 8 nitrogen and oxygen atoms in total. The number of halogens is 1. The van der Waals surface area contributed by atoms with Crippen molar-refractivity contribution >= 4 is 38.9 Å². The molecule has 1 fully saturated rings. The number of benzene rings is 1. The van der Waals surface area contributed by atoms with E-state index in [0.29, 0.717) is 11.3 Å². The van der Waals surface area contributed by atoms with Gasteiger partial charge in [-0.15, -0.1) is 0 Å². The van der Waals surface area contributed by atoms with Gasteiger partial charge in [-0.2, -0.15) is 5.10 Å². The van der Waals surface area contributed by atoms with Crippen molar-refractivity contribution in [1.29, 1.82) is 0 Å². The third kappa shape index (κ3) is 5.21. The van der Waals surface area contributed by atoms with Crippen LogP contribution in [0.15, 0.2) is 30.6 Å². The van der Waals surface area contributed by atoms with E-state index >= 15 is 0 Å². The van der Waals surface area contributed by atoms with Crippen LogP contribution in [0.2, 0.25) is 5.02 Å². The molecule has 146 valence electrons. The maximum atomic E-state index is 12.5. The second-order valence-corrected chi connectivity index (χ2v) is 8.87. The number of rotatable bonds is 5. The second-order valence-electron chi connectivity index (χ2n) is 6.69. The standard InChI is InChI=1S/C17H21ClN4O4S/c1-27(25,26)21-14-7-12(18)6-13(8-14)20-17(24)11-9-19-22(10-11)15-4-2-3-5-16(15)23/h6-10,15-16,21,23H,2-5H2,1H3,(H,20,24)/t15-,16-/m1/s1. The molecule has 0 bridgehead atoms. The van der Waals surface area contributed by atoms with Crippen LogP contribution in [0.5, 0.6) is 0 Å². The van der Waals surface area contributed by atoms with Gasteiger partial charge in [0, 0.05) is 16.9 Å². The highest BCUT2D eigenvalue weighted by atomic mass is 35.5. The van der Waals surface area contributed by atoms with Gasteiger partial charge in [-0.25, -0.2) is 8.42 Å². The topological polar surface area (TPSA) is 113 Å². The van der Waals surface area contributed by atoms with Crippen LogP contribution < -0.4 is 10.0 Å². The fourth-order valence-electron chi connectivity index (χ4n) is 3.18. The Bertz CT molecular complexity index is 944. The molecule has 1 saturated carbocycles. The van der Waals surface area contributed by atoms with E-state index in [1.54, 1.807) is 10.9 Å². The molecule has 1 aromatic heterocycles. The summed E-state index contributed by atoms with van der Waals surface area (Å²) in [4.78, 5) is 12.5. The van der Waals surface area contributed by atoms with Crippen molar-refractivity contribution in [3.63, 3.8) is 0 Å². The summed E-state index contributed by atoms with van der Waals surface area (Å²) in [6.07, 6.45) is 7.16. The number of carbonyl (C=O) groups is 1. The van der Waals surface area contributed by atoms with E-state index in [4.69, 9.17) is 11.6 Å². The zero-order chi connectivity index (χ0) is 19.6. The third-order valence-electron chi connectivity index (χ3n) is 4.36. The zero-order valence-corrected chi connectivity index (χ0v) is 16.3. The van der Waals surface area contributed by atoms with Crippen LogP contribution in [-0.4, -0.2) is 41.6 Å². The van der Waals surface area contributed by atoms with E-state index in [1.165, 1.54) is 24.4 Å². The highest BCUT2D eigenvalue weighted by Gasteiger charge is 2.25. The molecular formula is C17H21ClN4O4S. The number of aromatic nitrogens is 2. The predicted molar refractivity (Wildman–Crippen MR) is 104 cm³/mol. The van der Waals surface area contributed by atoms with Crippen molar-refractivity contribution in [2.24, 2.45) is 0 Å². The first kappa shape index (κ1) is 19.7. The summed E-state index contributed by atoms with van der Waals surface area (Å²) in [7, 11) is -3.46. The third-order valence-corrected chi connectivity index (χ3v) is 5.18. The lowest BCUT2D eigenvalue weighted by Crippen LogP contribution is -2.27. The molecule has 1 amide bonds. The first-order valence-corrected chi connectivity index (χ1v) is 10.8. The van der Waals surface area contributed by atoms with Crippen LogP contribution in [-0.2, 0) is 10.0 Å². The Morgan fingerprint density at radius 1 is 1.26 bits per heavy atom. The molecular weight excluding hydrogens is 392 g/mol. The van der Waals surface area contributed by atoms with Gasteiger partial charge in [-0.05, 0) is 31.0 Å². The van der Waals surface area contributed by atoms with E-state index in [9.17, 15) is 18.3 Å². The van der Waals surface area contributed by atoms with E-state index in [-0.39, 0.29) is 16.8 Å². The van der Waals surface area contributed by atoms with Gasteiger partial charge in [0.2, 0.25) is 10.0 Å². The zero-order valence-electron chi connectivity index (χ0n) is 14.7. The monoisotopic (exact) mass is 412 g/mol. The quantitative estimate of drug-likeness (QED) is 0.698. The van der Waals surface area contributed by atoms with Crippen LogP contribution in [0, 0.1) is 0 Å². The molecule has 27 heavy (non-hydrogen) atoms. The maximum Gasteiger partial charge on any atom is 0.258 e. The van der Waals surface area contributed by atoms with Crippen molar-refractivity contribution in [3.05, 3.63) is 41.2 Å². The molecule has 1 aromatic carbocycles. The van der Waals surface area contributed by atoms with Crippen LogP contribution in [0.4, 0.5) is 11.4 Å². The molecule has 0 radical (unpaired) electrons. The van der Waals surface area contributed by atoms with E-state index < -0.39 is 22.0 Å². The van der Waals surface area contributed by atoms with Crippen molar-refractivity contribution < 1.29 is 18.3 Å². The maximum absolute atomic E-state index is 12.5. The number of anilines is 2. The molecule has 3 rings (SSSR count). The second kappa shape index (κ2) is 7.87. The molecule has 1 aliphatic carbocycles. The van der Waals surface area contributed by atoms with Gasteiger partial charge in [0.25, 0.3) is 5.91 Å². The molecule has 10 heteroatoms. The Hall–Kier alpha value is -2.10. The number of amides is 1. The van der Waals surface area contributed by atoms with Crippen LogP contribution in [0.25, 0.3) is 0 Å². The number of aliphatic hydroxyl groups is 1. The van der Waals surface area contributed by atoms with Crippen molar-refractivity contribution in [2.75, 3.05) is 16.3 Å². The molecule has 3 N–H and O–H groups in total. The largest absolute Gasteiger partial charge is 0.391 e. The summed E-state index contributed by atoms with van der Waals surface area (Å²) in [5, 5.41) is 17.3. The number of sulfonamides is 1. The van der Waals surface area contributed by atoms with E-state index in [0.717, 1.165) is 31.9 Å². The molecule has 1 heterocycles. The number of carbonyl (C=O) groups excluding carboxylic acids is 1. The fourth-order valence-corrected chi connectivity index (χ4v) is 3.96. The van der Waals surface area contributed by atoms with Crippen LogP contribution >= 0.6 is 11.6 Å². The average Bonchev–Trinajstić information content (AvgIpc) is 3.03. The Morgan fingerprint density at radius 3 is 2.67 bits per heavy atom. The first-order chi connectivity index (χ1) is 12.7. The number of nitrogens with zero attached hydrogens (tertiary/aromatic N) is 2. The van der Waals surface area contributed by atoms with Crippen LogP contribution in [0.3, 0.4) is 0 Å². The summed E-state index contributed by atoms with van der Waals surface area (Å²) < 4.78 is 26.7. The van der Waals surface area contributed by atoms with Crippen LogP contribution in [0.1, 0.15) is 42.1 Å². The molecule has 1 aliphatic rings. The summed E-state index contributed by atoms with van der Waals surface area (Å²) in [6.45, 7) is 0. The number of hydrogen-bond acceptors (Lipinski definition) is 5. The number of nitrogens with one attached hydrogen (secondary N) is 2. The van der Waals surface area contributed by atoms with Gasteiger partial charge < -0.3 is 10.4 Å². The minimum Gasteiger partial charge on any atom is -0.391 e. The number of hydrogen-bond donors (Lipinski definition) is 3. The molecule has 2 aromatic rings. The summed E-state index contributed by atoms with van der Waals surface area (Å²) >= 11 is 6.00. The minimum absolute atomic E-state index is 0.128. The summed E-state index contributed by atoms with van der Waals surface area (Å²) in [5.41, 5.74) is 0.941. The Balaban J connectivity index is 1.74. The highest BCUT2D eigenvalue weighted by Crippen LogP contribution is 2.28. The van der Waals surface area contributed by atoms with E-state index in [1.807, 2.05) is 0 Å². The molecule has 0 saturated heterocycles. The fraction of sp³-hybridized carbons (Fsp3) is 0.412. The predicted octanol–water partition coefficient (Wildman–Crippen LogP) is 2.64. The van der Waals surface area contributed by atoms with Gasteiger partial charge >= 0.3 is 0 Å².